The number of nitrogens with one attached hydrogen (secondary N) is 1. The lowest BCUT2D eigenvalue weighted by atomic mass is 10.1. The van der Waals surface area contributed by atoms with Crippen LogP contribution in [0.3, 0.4) is 0 Å². The van der Waals surface area contributed by atoms with E-state index in [0.29, 0.717) is 39.8 Å². The summed E-state index contributed by atoms with van der Waals surface area (Å²) in [6, 6.07) is 20.7. The second-order valence-corrected chi connectivity index (χ2v) is 8.56. The minimum Gasteiger partial charge on any atom is -0.382 e. The summed E-state index contributed by atoms with van der Waals surface area (Å²) in [5.74, 6) is 0.624. The van der Waals surface area contributed by atoms with Crippen LogP contribution in [0.2, 0.25) is 0 Å². The first-order valence-electron chi connectivity index (χ1n) is 11.9. The summed E-state index contributed by atoms with van der Waals surface area (Å²) < 4.78 is 1.83. The summed E-state index contributed by atoms with van der Waals surface area (Å²) in [6.45, 7) is 1.87. The molecule has 0 aliphatic heterocycles. The van der Waals surface area contributed by atoms with Gasteiger partial charge in [-0.2, -0.15) is 0 Å². The Balaban J connectivity index is 1.42. The van der Waals surface area contributed by atoms with Crippen LogP contribution in [-0.4, -0.2) is 43.3 Å². The number of fused-ring (bicyclic) bond motifs is 1. The fourth-order valence-electron chi connectivity index (χ4n) is 3.99. The number of nitrogen functional groups attached to an aromatic ring is 1. The lowest BCUT2D eigenvalue weighted by molar-refractivity contribution is -0.118. The Morgan fingerprint density at radius 2 is 1.68 bits per heavy atom. The molecule has 0 saturated carbocycles. The van der Waals surface area contributed by atoms with Crippen LogP contribution in [0.4, 0.5) is 11.6 Å². The molecular formula is C28H25N7O3. The summed E-state index contributed by atoms with van der Waals surface area (Å²) in [5.41, 5.74) is 9.13. The maximum Gasteiger partial charge on any atom is 0.357 e. The van der Waals surface area contributed by atoms with Crippen LogP contribution in [0.1, 0.15) is 39.5 Å². The summed E-state index contributed by atoms with van der Waals surface area (Å²) in [5, 5.41) is 4.22. The quantitative estimate of drug-likeness (QED) is 0.311. The van der Waals surface area contributed by atoms with E-state index in [1.807, 2.05) is 17.4 Å². The van der Waals surface area contributed by atoms with Crippen molar-refractivity contribution in [3.63, 3.8) is 0 Å². The molecule has 5 rings (SSSR count). The highest BCUT2D eigenvalue weighted by atomic mass is 16.7. The Morgan fingerprint density at radius 1 is 0.947 bits per heavy atom. The number of aromatic nitrogens is 4. The zero-order valence-electron chi connectivity index (χ0n) is 20.8. The number of hydroxylamine groups is 2. The van der Waals surface area contributed by atoms with Gasteiger partial charge in [-0.25, -0.2) is 19.7 Å². The van der Waals surface area contributed by atoms with Crippen molar-refractivity contribution < 1.29 is 14.4 Å². The number of rotatable bonds is 7. The number of nitrogens with two attached hydrogens (primary N) is 1. The van der Waals surface area contributed by atoms with Crippen LogP contribution in [0.5, 0.6) is 0 Å². The van der Waals surface area contributed by atoms with Crippen molar-refractivity contribution in [3.05, 3.63) is 108 Å². The molecular weight excluding hydrogens is 482 g/mol. The van der Waals surface area contributed by atoms with Crippen molar-refractivity contribution >= 4 is 29.0 Å². The van der Waals surface area contributed by atoms with Crippen LogP contribution in [0.25, 0.3) is 16.8 Å². The molecule has 3 heterocycles. The van der Waals surface area contributed by atoms with Crippen molar-refractivity contribution in [3.8, 4) is 11.3 Å². The Hall–Kier alpha value is -5.09. The maximum atomic E-state index is 12.6. The molecule has 38 heavy (non-hydrogen) atoms. The topological polar surface area (TPSA) is 128 Å². The number of amides is 1. The third-order valence-corrected chi connectivity index (χ3v) is 6.09. The van der Waals surface area contributed by atoms with E-state index in [2.05, 4.69) is 15.3 Å². The normalized spacial score (nSPS) is 11.9. The number of imidazole rings is 1. The molecule has 0 bridgehead atoms. The second kappa shape index (κ2) is 10.5. The van der Waals surface area contributed by atoms with Gasteiger partial charge in [0.2, 0.25) is 0 Å². The molecule has 190 valence electrons. The Bertz CT molecular complexity index is 1590. The lowest BCUT2D eigenvalue weighted by Crippen LogP contribution is -2.27. The van der Waals surface area contributed by atoms with Crippen molar-refractivity contribution in [2.24, 2.45) is 0 Å². The average molecular weight is 508 g/mol. The number of anilines is 2. The maximum absolute atomic E-state index is 12.6. The van der Waals surface area contributed by atoms with Gasteiger partial charge in [0.15, 0.2) is 0 Å². The van der Waals surface area contributed by atoms with E-state index in [0.717, 1.165) is 5.56 Å². The Labute approximate surface area is 218 Å². The SMILES string of the molecule is C[C@@H](c1nc(-c2ccc(C(=O)Nc3ccccn3)cc2)c2c(N)nccn12)N(C)OC(=O)c1ccccc1. The number of benzene rings is 2. The van der Waals surface area contributed by atoms with Gasteiger partial charge < -0.3 is 15.9 Å². The number of carbonyl (C=O) groups is 2. The highest BCUT2D eigenvalue weighted by Crippen LogP contribution is 2.31. The molecule has 0 unspecified atom stereocenters. The van der Waals surface area contributed by atoms with E-state index >= 15 is 0 Å². The molecule has 3 N–H and O–H groups in total. The van der Waals surface area contributed by atoms with Crippen molar-refractivity contribution in [1.29, 1.82) is 0 Å². The molecule has 0 aliphatic rings. The molecule has 2 aromatic carbocycles. The lowest BCUT2D eigenvalue weighted by Gasteiger charge is -2.22. The Morgan fingerprint density at radius 3 is 2.39 bits per heavy atom. The first-order valence-corrected chi connectivity index (χ1v) is 11.9. The number of carbonyl (C=O) groups excluding carboxylic acids is 2. The molecule has 0 saturated heterocycles. The summed E-state index contributed by atoms with van der Waals surface area (Å²) in [7, 11) is 1.67. The third-order valence-electron chi connectivity index (χ3n) is 6.09. The summed E-state index contributed by atoms with van der Waals surface area (Å²) >= 11 is 0. The minimum atomic E-state index is -0.471. The molecule has 5 aromatic rings. The van der Waals surface area contributed by atoms with Gasteiger partial charge in [0.25, 0.3) is 5.91 Å². The number of pyridine rings is 1. The first-order chi connectivity index (χ1) is 18.4. The Kier molecular flexibility index (Phi) is 6.79. The van der Waals surface area contributed by atoms with Crippen molar-refractivity contribution in [2.75, 3.05) is 18.1 Å². The zero-order valence-corrected chi connectivity index (χ0v) is 20.8. The minimum absolute atomic E-state index is 0.276. The highest BCUT2D eigenvalue weighted by Gasteiger charge is 2.25. The molecule has 0 spiro atoms. The van der Waals surface area contributed by atoms with Gasteiger partial charge in [0.05, 0.1) is 5.56 Å². The van der Waals surface area contributed by atoms with Gasteiger partial charge in [-0.1, -0.05) is 36.4 Å². The van der Waals surface area contributed by atoms with Gasteiger partial charge in [-0.3, -0.25) is 9.20 Å². The van der Waals surface area contributed by atoms with Gasteiger partial charge in [0.1, 0.15) is 34.7 Å². The number of nitrogens with zero attached hydrogens (tertiary/aromatic N) is 5. The van der Waals surface area contributed by atoms with E-state index in [4.69, 9.17) is 15.6 Å². The molecule has 3 aromatic heterocycles. The van der Waals surface area contributed by atoms with Gasteiger partial charge in [-0.15, -0.1) is 5.06 Å². The molecule has 0 aliphatic carbocycles. The zero-order chi connectivity index (χ0) is 26.6. The highest BCUT2D eigenvalue weighted by molar-refractivity contribution is 6.04. The molecule has 10 nitrogen and oxygen atoms in total. The fourth-order valence-corrected chi connectivity index (χ4v) is 3.99. The van der Waals surface area contributed by atoms with Crippen LogP contribution in [0.15, 0.2) is 91.4 Å². The fraction of sp³-hybridized carbons (Fsp3) is 0.107. The third kappa shape index (κ3) is 4.93. The van der Waals surface area contributed by atoms with E-state index in [-0.39, 0.29) is 5.91 Å². The largest absolute Gasteiger partial charge is 0.382 e. The summed E-state index contributed by atoms with van der Waals surface area (Å²) in [6.07, 6.45) is 4.96. The van der Waals surface area contributed by atoms with Crippen LogP contribution < -0.4 is 11.1 Å². The first kappa shape index (κ1) is 24.6. The smallest absolute Gasteiger partial charge is 0.357 e. The van der Waals surface area contributed by atoms with E-state index < -0.39 is 12.0 Å². The molecule has 10 heteroatoms. The second-order valence-electron chi connectivity index (χ2n) is 8.56. The molecule has 0 fully saturated rings. The van der Waals surface area contributed by atoms with Crippen LogP contribution in [0, 0.1) is 0 Å². The average Bonchev–Trinajstić information content (AvgIpc) is 3.34. The molecule has 1 atom stereocenters. The van der Waals surface area contributed by atoms with E-state index in [1.54, 1.807) is 92.4 Å². The van der Waals surface area contributed by atoms with E-state index in [9.17, 15) is 9.59 Å². The monoisotopic (exact) mass is 507 g/mol. The predicted molar refractivity (Wildman–Crippen MR) is 143 cm³/mol. The van der Waals surface area contributed by atoms with Gasteiger partial charge in [0, 0.05) is 36.8 Å². The standard InChI is InChI=1S/C28H25N7O3/c1-18(34(2)38-28(37)21-8-4-3-5-9-21)26-33-23(24-25(29)31-16-17-35(24)26)19-11-13-20(14-12-19)27(36)32-22-10-6-7-15-30-22/h3-18H,1-2H3,(H2,29,31)(H,30,32,36)/t18-/m0/s1. The molecule has 1 amide bonds. The van der Waals surface area contributed by atoms with Crippen molar-refractivity contribution in [1.82, 2.24) is 24.4 Å². The van der Waals surface area contributed by atoms with E-state index in [1.165, 1.54) is 5.06 Å². The van der Waals surface area contributed by atoms with Gasteiger partial charge in [-0.05, 0) is 43.3 Å². The van der Waals surface area contributed by atoms with Crippen LogP contribution in [-0.2, 0) is 4.84 Å². The number of hydrogen-bond acceptors (Lipinski definition) is 8. The molecule has 0 radical (unpaired) electrons. The predicted octanol–water partition coefficient (Wildman–Crippen LogP) is 4.39. The van der Waals surface area contributed by atoms with Crippen molar-refractivity contribution in [2.45, 2.75) is 13.0 Å². The van der Waals surface area contributed by atoms with Gasteiger partial charge >= 0.3 is 5.97 Å². The summed E-state index contributed by atoms with van der Waals surface area (Å²) in [4.78, 5) is 44.0. The number of hydrogen-bond donors (Lipinski definition) is 2. The van der Waals surface area contributed by atoms with Crippen LogP contribution >= 0.6 is 0 Å².